The van der Waals surface area contributed by atoms with Crippen molar-refractivity contribution in [3.63, 3.8) is 0 Å². The van der Waals surface area contributed by atoms with Crippen molar-refractivity contribution in [3.8, 4) is 5.75 Å². The Morgan fingerprint density at radius 3 is 2.42 bits per heavy atom. The van der Waals surface area contributed by atoms with Gasteiger partial charge in [-0.3, -0.25) is 9.59 Å². The zero-order valence-electron chi connectivity index (χ0n) is 22.2. The van der Waals surface area contributed by atoms with Gasteiger partial charge in [0.25, 0.3) is 0 Å². The summed E-state index contributed by atoms with van der Waals surface area (Å²) in [6.07, 6.45) is 11.8. The molecule has 2 saturated heterocycles. The fourth-order valence-corrected chi connectivity index (χ4v) is 5.57. The van der Waals surface area contributed by atoms with Gasteiger partial charge in [0, 0.05) is 57.3 Å². The lowest BCUT2D eigenvalue weighted by atomic mass is 9.85. The van der Waals surface area contributed by atoms with Gasteiger partial charge in [0.15, 0.2) is 11.6 Å². The van der Waals surface area contributed by atoms with Crippen LogP contribution in [0.25, 0.3) is 5.57 Å². The van der Waals surface area contributed by atoms with Crippen LogP contribution in [0.3, 0.4) is 0 Å². The van der Waals surface area contributed by atoms with Crippen LogP contribution in [0, 0.1) is 17.7 Å². The Kier molecular flexibility index (Phi) is 8.35. The van der Waals surface area contributed by atoms with Crippen LogP contribution in [0.15, 0.2) is 36.7 Å². The van der Waals surface area contributed by atoms with E-state index < -0.39 is 0 Å². The Balaban J connectivity index is 1.09. The molecular formula is C30H37FN4O3. The van der Waals surface area contributed by atoms with E-state index in [1.54, 1.807) is 12.1 Å². The van der Waals surface area contributed by atoms with E-state index in [2.05, 4.69) is 27.9 Å². The molecule has 0 spiro atoms. The number of hydrogen-bond donors (Lipinski definition) is 0. The molecule has 0 saturated carbocycles. The first-order chi connectivity index (χ1) is 18.5. The van der Waals surface area contributed by atoms with E-state index >= 15 is 0 Å². The van der Waals surface area contributed by atoms with Gasteiger partial charge in [-0.2, -0.15) is 0 Å². The molecule has 1 aromatic carbocycles. The Morgan fingerprint density at radius 1 is 1.05 bits per heavy atom. The number of halogens is 1. The number of hydrogen-bond acceptors (Lipinski definition) is 6. The molecule has 2 aromatic rings. The molecule has 8 heteroatoms. The van der Waals surface area contributed by atoms with Gasteiger partial charge in [-0.05, 0) is 73.3 Å². The highest BCUT2D eigenvalue weighted by molar-refractivity contribution is 5.85. The van der Waals surface area contributed by atoms with Crippen LogP contribution in [0.4, 0.5) is 10.3 Å². The summed E-state index contributed by atoms with van der Waals surface area (Å²) in [7, 11) is 0. The molecule has 202 valence electrons. The largest absolute Gasteiger partial charge is 0.490 e. The maximum atomic E-state index is 14.9. The summed E-state index contributed by atoms with van der Waals surface area (Å²) >= 11 is 0. The predicted molar refractivity (Wildman–Crippen MR) is 144 cm³/mol. The summed E-state index contributed by atoms with van der Waals surface area (Å²) < 4.78 is 20.8. The van der Waals surface area contributed by atoms with Gasteiger partial charge in [-0.1, -0.05) is 19.1 Å². The van der Waals surface area contributed by atoms with Crippen LogP contribution >= 0.6 is 0 Å². The molecule has 0 radical (unpaired) electrons. The van der Waals surface area contributed by atoms with Crippen molar-refractivity contribution in [1.29, 1.82) is 0 Å². The predicted octanol–water partition coefficient (Wildman–Crippen LogP) is 4.85. The van der Waals surface area contributed by atoms with Crippen molar-refractivity contribution in [2.24, 2.45) is 11.8 Å². The second kappa shape index (κ2) is 12.0. The molecule has 3 aliphatic rings. The average Bonchev–Trinajstić information content (AvgIpc) is 2.97. The minimum absolute atomic E-state index is 0.0481. The number of piperidine rings is 2. The lowest BCUT2D eigenvalue weighted by Crippen LogP contribution is -2.42. The molecule has 1 amide bonds. The molecule has 1 unspecified atom stereocenters. The number of carbonyl (C=O) groups excluding carboxylic acids is 2. The summed E-state index contributed by atoms with van der Waals surface area (Å²) in [4.78, 5) is 37.3. The number of amides is 1. The van der Waals surface area contributed by atoms with Crippen molar-refractivity contribution in [1.82, 2.24) is 14.9 Å². The molecule has 7 nitrogen and oxygen atoms in total. The van der Waals surface area contributed by atoms with Gasteiger partial charge < -0.3 is 14.5 Å². The quantitative estimate of drug-likeness (QED) is 0.520. The van der Waals surface area contributed by atoms with Crippen LogP contribution in [0.1, 0.15) is 63.0 Å². The van der Waals surface area contributed by atoms with Gasteiger partial charge in [-0.25, -0.2) is 14.4 Å². The first-order valence-electron chi connectivity index (χ1n) is 14.0. The lowest BCUT2D eigenvalue weighted by molar-refractivity contribution is -0.138. The number of benzene rings is 1. The number of aryl methyl sites for hydroxylation is 1. The van der Waals surface area contributed by atoms with Crippen LogP contribution in [0.2, 0.25) is 0 Å². The number of carbonyl (C=O) groups is 2. The highest BCUT2D eigenvalue weighted by Crippen LogP contribution is 2.33. The van der Waals surface area contributed by atoms with Crippen molar-refractivity contribution in [2.45, 2.75) is 58.3 Å². The summed E-state index contributed by atoms with van der Waals surface area (Å²) in [6, 6.07) is 5.20. The summed E-state index contributed by atoms with van der Waals surface area (Å²) in [6.45, 7) is 5.40. The van der Waals surface area contributed by atoms with Crippen LogP contribution in [-0.4, -0.2) is 59.3 Å². The van der Waals surface area contributed by atoms with Gasteiger partial charge in [0.2, 0.25) is 11.9 Å². The second-order valence-electron chi connectivity index (χ2n) is 10.7. The number of allylic oxidation sites excluding steroid dienone is 2. The Hall–Kier alpha value is -3.29. The van der Waals surface area contributed by atoms with Crippen LogP contribution < -0.4 is 9.64 Å². The third kappa shape index (κ3) is 6.22. The van der Waals surface area contributed by atoms with Gasteiger partial charge >= 0.3 is 0 Å². The summed E-state index contributed by atoms with van der Waals surface area (Å²) in [5.41, 5.74) is 3.07. The molecule has 5 rings (SSSR count). The maximum Gasteiger partial charge on any atom is 0.226 e. The van der Waals surface area contributed by atoms with Crippen molar-refractivity contribution < 1.29 is 18.7 Å². The zero-order chi connectivity index (χ0) is 26.5. The monoisotopic (exact) mass is 520 g/mol. The number of ether oxygens (including phenoxy) is 1. The number of ketones is 1. The number of anilines is 1. The van der Waals surface area contributed by atoms with E-state index in [9.17, 15) is 14.0 Å². The SMILES string of the molecule is CCc1cnc(N2CCC(COc3ccc(C4=CCC(C(=O)N5CCC(=O)CC5)CC4)cc3F)CC2)nc1. The minimum Gasteiger partial charge on any atom is -0.490 e. The first kappa shape index (κ1) is 26.3. The maximum absolute atomic E-state index is 14.9. The Labute approximate surface area is 224 Å². The first-order valence-corrected chi connectivity index (χ1v) is 14.0. The molecule has 2 aliphatic heterocycles. The molecule has 2 fully saturated rings. The standard InChI is InChI=1S/C30H37FN4O3/c1-2-21-18-32-30(33-19-21)35-13-9-22(10-14-35)20-38-28-8-7-25(17-27(28)31)23-3-5-24(6-4-23)29(37)34-15-11-26(36)12-16-34/h3,7-8,17-19,22,24H,2,4-6,9-16,20H2,1H3. The third-order valence-electron chi connectivity index (χ3n) is 8.17. The van der Waals surface area contributed by atoms with E-state index in [0.717, 1.165) is 67.8 Å². The topological polar surface area (TPSA) is 75.6 Å². The number of rotatable bonds is 7. The summed E-state index contributed by atoms with van der Waals surface area (Å²) in [5.74, 6) is 1.43. The third-order valence-corrected chi connectivity index (χ3v) is 8.17. The van der Waals surface area contributed by atoms with Gasteiger partial charge in [-0.15, -0.1) is 0 Å². The smallest absolute Gasteiger partial charge is 0.226 e. The zero-order valence-corrected chi connectivity index (χ0v) is 22.2. The number of Topliss-reactive ketones (excluding diaryl/α,β-unsaturated/α-hetero) is 1. The minimum atomic E-state index is -0.346. The molecule has 1 aromatic heterocycles. The number of nitrogens with zero attached hydrogens (tertiary/aromatic N) is 4. The fourth-order valence-electron chi connectivity index (χ4n) is 5.57. The highest BCUT2D eigenvalue weighted by Gasteiger charge is 2.29. The molecule has 0 bridgehead atoms. The molecule has 0 N–H and O–H groups in total. The van der Waals surface area contributed by atoms with E-state index in [1.165, 1.54) is 0 Å². The van der Waals surface area contributed by atoms with Crippen LogP contribution in [0.5, 0.6) is 5.75 Å². The Bertz CT molecular complexity index is 1160. The molecular weight excluding hydrogens is 483 g/mol. The number of aromatic nitrogens is 2. The highest BCUT2D eigenvalue weighted by atomic mass is 19.1. The van der Waals surface area contributed by atoms with Gasteiger partial charge in [0.1, 0.15) is 5.78 Å². The molecule has 38 heavy (non-hydrogen) atoms. The average molecular weight is 521 g/mol. The van der Waals surface area contributed by atoms with Crippen LogP contribution in [-0.2, 0) is 16.0 Å². The normalized spacial score (nSPS) is 20.8. The van der Waals surface area contributed by atoms with Gasteiger partial charge in [0.05, 0.1) is 6.61 Å². The van der Waals surface area contributed by atoms with E-state index in [4.69, 9.17) is 4.74 Å². The molecule has 1 atom stereocenters. The van der Waals surface area contributed by atoms with Crippen molar-refractivity contribution in [3.05, 3.63) is 53.6 Å². The molecule has 1 aliphatic carbocycles. The second-order valence-corrected chi connectivity index (χ2v) is 10.7. The van der Waals surface area contributed by atoms with E-state index in [0.29, 0.717) is 50.6 Å². The van der Waals surface area contributed by atoms with Crippen molar-refractivity contribution in [2.75, 3.05) is 37.7 Å². The summed E-state index contributed by atoms with van der Waals surface area (Å²) in [5, 5.41) is 0. The Morgan fingerprint density at radius 2 is 1.79 bits per heavy atom. The van der Waals surface area contributed by atoms with E-state index in [1.807, 2.05) is 23.4 Å². The fraction of sp³-hybridized carbons (Fsp3) is 0.533. The molecule has 3 heterocycles. The van der Waals surface area contributed by atoms with Crippen molar-refractivity contribution >= 4 is 23.2 Å². The number of likely N-dealkylation sites (tertiary alicyclic amines) is 1. The van der Waals surface area contributed by atoms with E-state index in [-0.39, 0.29) is 23.4 Å². The lowest BCUT2D eigenvalue weighted by Gasteiger charge is -2.32.